The van der Waals surface area contributed by atoms with E-state index in [4.69, 9.17) is 11.6 Å². The third-order valence-electron chi connectivity index (χ3n) is 4.04. The van der Waals surface area contributed by atoms with Gasteiger partial charge in [-0.1, -0.05) is 26.2 Å². The third-order valence-corrected chi connectivity index (χ3v) is 4.21. The number of aromatic nitrogens is 4. The van der Waals surface area contributed by atoms with E-state index in [0.29, 0.717) is 17.6 Å². The SMILES string of the molecule is CCC1CCCCC1Nc1nc(Cl)nc2[nH]ncc12. The first kappa shape index (κ1) is 12.7. The maximum atomic E-state index is 5.96. The normalized spacial score (nSPS) is 23.7. The summed E-state index contributed by atoms with van der Waals surface area (Å²) in [5, 5.41) is 11.6. The van der Waals surface area contributed by atoms with Crippen LogP contribution in [0.15, 0.2) is 6.20 Å². The Hall–Kier alpha value is -1.36. The van der Waals surface area contributed by atoms with E-state index in [1.807, 2.05) is 0 Å². The largest absolute Gasteiger partial charge is 0.366 e. The maximum Gasteiger partial charge on any atom is 0.226 e. The van der Waals surface area contributed by atoms with Crippen LogP contribution in [-0.4, -0.2) is 26.2 Å². The zero-order chi connectivity index (χ0) is 13.2. The van der Waals surface area contributed by atoms with Crippen LogP contribution in [0.4, 0.5) is 5.82 Å². The highest BCUT2D eigenvalue weighted by Crippen LogP contribution is 2.30. The van der Waals surface area contributed by atoms with Crippen molar-refractivity contribution < 1.29 is 0 Å². The maximum absolute atomic E-state index is 5.96. The van der Waals surface area contributed by atoms with E-state index in [2.05, 4.69) is 32.4 Å². The molecule has 1 fully saturated rings. The Bertz CT molecular complexity index is 567. The second-order valence-electron chi connectivity index (χ2n) is 5.18. The first-order valence-electron chi connectivity index (χ1n) is 6.91. The molecule has 2 aromatic heterocycles. The highest BCUT2D eigenvalue weighted by atomic mass is 35.5. The zero-order valence-corrected chi connectivity index (χ0v) is 11.7. The summed E-state index contributed by atoms with van der Waals surface area (Å²) in [5.74, 6) is 1.51. The number of hydrogen-bond acceptors (Lipinski definition) is 4. The summed E-state index contributed by atoms with van der Waals surface area (Å²) in [6.45, 7) is 2.26. The number of fused-ring (bicyclic) bond motifs is 1. The van der Waals surface area contributed by atoms with Crippen molar-refractivity contribution >= 4 is 28.5 Å². The van der Waals surface area contributed by atoms with Gasteiger partial charge in [-0.3, -0.25) is 5.10 Å². The fourth-order valence-electron chi connectivity index (χ4n) is 2.98. The van der Waals surface area contributed by atoms with E-state index in [0.717, 1.165) is 11.2 Å². The van der Waals surface area contributed by atoms with Gasteiger partial charge >= 0.3 is 0 Å². The van der Waals surface area contributed by atoms with Gasteiger partial charge in [-0.25, -0.2) is 0 Å². The van der Waals surface area contributed by atoms with Crippen molar-refractivity contribution in [2.45, 2.75) is 45.1 Å². The molecule has 2 N–H and O–H groups in total. The van der Waals surface area contributed by atoms with Crippen LogP contribution < -0.4 is 5.32 Å². The Morgan fingerprint density at radius 1 is 1.37 bits per heavy atom. The van der Waals surface area contributed by atoms with E-state index in [1.165, 1.54) is 32.1 Å². The average Bonchev–Trinajstić information content (AvgIpc) is 2.87. The molecule has 102 valence electrons. The summed E-state index contributed by atoms with van der Waals surface area (Å²) in [6, 6.07) is 0.475. The molecule has 6 heteroatoms. The molecule has 1 saturated carbocycles. The van der Waals surface area contributed by atoms with Gasteiger partial charge in [0.1, 0.15) is 5.82 Å². The molecule has 2 aromatic rings. The predicted octanol–water partition coefficient (Wildman–Crippen LogP) is 3.39. The number of hydrogen-bond donors (Lipinski definition) is 2. The van der Waals surface area contributed by atoms with Crippen LogP contribution in [0, 0.1) is 5.92 Å². The summed E-state index contributed by atoms with van der Waals surface area (Å²) in [6.07, 6.45) is 8.05. The average molecular weight is 280 g/mol. The number of anilines is 1. The van der Waals surface area contributed by atoms with Crippen molar-refractivity contribution in [2.75, 3.05) is 5.32 Å². The van der Waals surface area contributed by atoms with Crippen LogP contribution in [0.3, 0.4) is 0 Å². The number of aromatic amines is 1. The van der Waals surface area contributed by atoms with E-state index in [-0.39, 0.29) is 5.28 Å². The van der Waals surface area contributed by atoms with Crippen molar-refractivity contribution in [1.29, 1.82) is 0 Å². The molecule has 2 heterocycles. The van der Waals surface area contributed by atoms with Crippen molar-refractivity contribution in [1.82, 2.24) is 20.2 Å². The number of nitrogens with zero attached hydrogens (tertiary/aromatic N) is 3. The zero-order valence-electron chi connectivity index (χ0n) is 11.0. The number of H-pyrrole nitrogens is 1. The summed E-state index contributed by atoms with van der Waals surface area (Å²) in [4.78, 5) is 8.44. The quantitative estimate of drug-likeness (QED) is 0.845. The molecule has 0 saturated heterocycles. The van der Waals surface area contributed by atoms with Crippen molar-refractivity contribution in [3.63, 3.8) is 0 Å². The molecule has 0 radical (unpaired) electrons. The van der Waals surface area contributed by atoms with E-state index >= 15 is 0 Å². The second-order valence-corrected chi connectivity index (χ2v) is 5.52. The van der Waals surface area contributed by atoms with E-state index < -0.39 is 0 Å². The van der Waals surface area contributed by atoms with E-state index in [1.54, 1.807) is 6.20 Å². The van der Waals surface area contributed by atoms with Gasteiger partial charge < -0.3 is 5.32 Å². The lowest BCUT2D eigenvalue weighted by Gasteiger charge is -2.32. The van der Waals surface area contributed by atoms with Crippen LogP contribution >= 0.6 is 11.6 Å². The van der Waals surface area contributed by atoms with Gasteiger partial charge in [0, 0.05) is 6.04 Å². The molecule has 2 unspecified atom stereocenters. The minimum absolute atomic E-state index is 0.253. The molecule has 1 aliphatic rings. The highest BCUT2D eigenvalue weighted by Gasteiger charge is 2.24. The third kappa shape index (κ3) is 2.52. The molecule has 5 nitrogen and oxygen atoms in total. The Morgan fingerprint density at radius 3 is 3.05 bits per heavy atom. The van der Waals surface area contributed by atoms with Gasteiger partial charge in [0.05, 0.1) is 11.6 Å². The fraction of sp³-hybridized carbons (Fsp3) is 0.615. The lowest BCUT2D eigenvalue weighted by atomic mass is 9.83. The molecule has 2 atom stereocenters. The van der Waals surface area contributed by atoms with Crippen LogP contribution in [0.1, 0.15) is 39.0 Å². The van der Waals surface area contributed by atoms with Gasteiger partial charge in [-0.2, -0.15) is 15.1 Å². The van der Waals surface area contributed by atoms with Gasteiger partial charge in [0.15, 0.2) is 5.65 Å². The fourth-order valence-corrected chi connectivity index (χ4v) is 3.15. The summed E-state index contributed by atoms with van der Waals surface area (Å²) >= 11 is 5.96. The number of rotatable bonds is 3. The van der Waals surface area contributed by atoms with Crippen molar-refractivity contribution in [2.24, 2.45) is 5.92 Å². The van der Waals surface area contributed by atoms with Crippen molar-refractivity contribution in [3.05, 3.63) is 11.5 Å². The lowest BCUT2D eigenvalue weighted by Crippen LogP contribution is -2.32. The van der Waals surface area contributed by atoms with Crippen molar-refractivity contribution in [3.8, 4) is 0 Å². The molecule has 19 heavy (non-hydrogen) atoms. The molecule has 0 spiro atoms. The Balaban J connectivity index is 1.89. The van der Waals surface area contributed by atoms with Gasteiger partial charge in [0.2, 0.25) is 5.28 Å². The Kier molecular flexibility index (Phi) is 3.55. The molecule has 0 bridgehead atoms. The minimum Gasteiger partial charge on any atom is -0.366 e. The summed E-state index contributed by atoms with van der Waals surface area (Å²) in [5.41, 5.74) is 0.686. The summed E-state index contributed by atoms with van der Waals surface area (Å²) in [7, 11) is 0. The Labute approximate surface area is 117 Å². The molecular formula is C13H18ClN5. The molecule has 0 amide bonds. The molecular weight excluding hydrogens is 262 g/mol. The van der Waals surface area contributed by atoms with E-state index in [9.17, 15) is 0 Å². The van der Waals surface area contributed by atoms with Crippen LogP contribution in [-0.2, 0) is 0 Å². The lowest BCUT2D eigenvalue weighted by molar-refractivity contribution is 0.317. The number of nitrogens with one attached hydrogen (secondary N) is 2. The molecule has 0 aromatic carbocycles. The monoisotopic (exact) mass is 279 g/mol. The topological polar surface area (TPSA) is 66.5 Å². The molecule has 3 rings (SSSR count). The van der Waals surface area contributed by atoms with Gasteiger partial charge in [0.25, 0.3) is 0 Å². The predicted molar refractivity (Wildman–Crippen MR) is 76.4 cm³/mol. The van der Waals surface area contributed by atoms with Crippen LogP contribution in [0.5, 0.6) is 0 Å². The first-order valence-corrected chi connectivity index (χ1v) is 7.29. The highest BCUT2D eigenvalue weighted by molar-refractivity contribution is 6.28. The molecule has 1 aliphatic carbocycles. The van der Waals surface area contributed by atoms with Crippen LogP contribution in [0.25, 0.3) is 11.0 Å². The smallest absolute Gasteiger partial charge is 0.226 e. The molecule has 0 aliphatic heterocycles. The minimum atomic E-state index is 0.253. The van der Waals surface area contributed by atoms with Crippen LogP contribution in [0.2, 0.25) is 5.28 Å². The second kappa shape index (κ2) is 5.33. The van der Waals surface area contributed by atoms with Gasteiger partial charge in [-0.05, 0) is 30.4 Å². The first-order chi connectivity index (χ1) is 9.28. The van der Waals surface area contributed by atoms with Gasteiger partial charge in [-0.15, -0.1) is 0 Å². The number of halogens is 1. The summed E-state index contributed by atoms with van der Waals surface area (Å²) < 4.78 is 0. The Morgan fingerprint density at radius 2 is 2.21 bits per heavy atom. The standard InChI is InChI=1S/C13H18ClN5/c1-2-8-5-3-4-6-10(8)16-11-9-7-15-19-12(9)18-13(14)17-11/h7-8,10H,2-6H2,1H3,(H2,15,16,17,18,19).